The smallest absolute Gasteiger partial charge is 0.0638 e. The molecule has 0 radical (unpaired) electrons. The van der Waals surface area contributed by atoms with E-state index in [1.165, 1.54) is 0 Å². The quantitative estimate of drug-likeness (QED) is 0.643. The molecule has 0 aromatic rings. The highest BCUT2D eigenvalue weighted by Crippen LogP contribution is 2.07. The lowest BCUT2D eigenvalue weighted by Crippen LogP contribution is -2.40. The Hall–Kier alpha value is -0.590. The number of hydrogen-bond acceptors (Lipinski definition) is 3. The van der Waals surface area contributed by atoms with E-state index < -0.39 is 0 Å². The molecule has 0 heterocycles. The second-order valence-electron chi connectivity index (χ2n) is 4.90. The third kappa shape index (κ3) is 7.35. The summed E-state index contributed by atoms with van der Waals surface area (Å²) in [4.78, 5) is 4.60. The molecule has 15 heavy (non-hydrogen) atoms. The van der Waals surface area contributed by atoms with Gasteiger partial charge in [0.1, 0.15) is 0 Å². The lowest BCUT2D eigenvalue weighted by atomic mass is 10.1. The SMILES string of the molecule is CC(C)CN(CCN(C)C)C(C)CC#N. The minimum Gasteiger partial charge on any atom is -0.308 e. The van der Waals surface area contributed by atoms with Crippen molar-refractivity contribution in [2.45, 2.75) is 33.2 Å². The maximum absolute atomic E-state index is 8.71. The predicted octanol–water partition coefficient (Wildman–Crippen LogP) is 1.81. The second-order valence-corrected chi connectivity index (χ2v) is 4.90. The maximum atomic E-state index is 8.71. The van der Waals surface area contributed by atoms with Crippen LogP contribution >= 0.6 is 0 Å². The van der Waals surface area contributed by atoms with Gasteiger partial charge in [0.2, 0.25) is 0 Å². The highest BCUT2D eigenvalue weighted by atomic mass is 15.2. The summed E-state index contributed by atoms with van der Waals surface area (Å²) in [5.74, 6) is 0.660. The molecule has 0 amide bonds. The van der Waals surface area contributed by atoms with E-state index in [9.17, 15) is 0 Å². The molecule has 0 saturated carbocycles. The Kier molecular flexibility index (Phi) is 7.37. The highest BCUT2D eigenvalue weighted by molar-refractivity contribution is 4.80. The summed E-state index contributed by atoms with van der Waals surface area (Å²) < 4.78 is 0. The van der Waals surface area contributed by atoms with Crippen LogP contribution in [0.25, 0.3) is 0 Å². The van der Waals surface area contributed by atoms with Crippen LogP contribution in [0.4, 0.5) is 0 Å². The van der Waals surface area contributed by atoms with Gasteiger partial charge in [-0.15, -0.1) is 0 Å². The van der Waals surface area contributed by atoms with Gasteiger partial charge in [0, 0.05) is 25.7 Å². The first-order valence-electron chi connectivity index (χ1n) is 5.73. The van der Waals surface area contributed by atoms with Crippen molar-refractivity contribution in [1.29, 1.82) is 5.26 Å². The molecule has 88 valence electrons. The molecular formula is C12H25N3. The van der Waals surface area contributed by atoms with Crippen molar-refractivity contribution in [3.8, 4) is 6.07 Å². The molecule has 0 aliphatic heterocycles. The van der Waals surface area contributed by atoms with Crippen molar-refractivity contribution in [1.82, 2.24) is 9.80 Å². The molecule has 0 aromatic carbocycles. The third-order valence-electron chi connectivity index (χ3n) is 2.44. The summed E-state index contributed by atoms with van der Waals surface area (Å²) in [6.45, 7) is 9.78. The van der Waals surface area contributed by atoms with Crippen LogP contribution in [0.2, 0.25) is 0 Å². The van der Waals surface area contributed by atoms with E-state index in [4.69, 9.17) is 5.26 Å². The Morgan fingerprint density at radius 3 is 2.13 bits per heavy atom. The van der Waals surface area contributed by atoms with E-state index in [2.05, 4.69) is 50.7 Å². The van der Waals surface area contributed by atoms with E-state index in [0.717, 1.165) is 19.6 Å². The predicted molar refractivity (Wildman–Crippen MR) is 64.7 cm³/mol. The van der Waals surface area contributed by atoms with E-state index in [1.807, 2.05) is 0 Å². The summed E-state index contributed by atoms with van der Waals surface area (Å²) in [5, 5.41) is 8.71. The van der Waals surface area contributed by atoms with E-state index in [1.54, 1.807) is 0 Å². The number of nitrogens with zero attached hydrogens (tertiary/aromatic N) is 3. The molecule has 0 aliphatic carbocycles. The van der Waals surface area contributed by atoms with Gasteiger partial charge in [-0.3, -0.25) is 4.90 Å². The molecule has 0 N–H and O–H groups in total. The highest BCUT2D eigenvalue weighted by Gasteiger charge is 2.14. The Labute approximate surface area is 94.7 Å². The minimum absolute atomic E-state index is 0.373. The average Bonchev–Trinajstić information content (AvgIpc) is 2.11. The fraction of sp³-hybridized carbons (Fsp3) is 0.917. The van der Waals surface area contributed by atoms with Crippen molar-refractivity contribution in [2.75, 3.05) is 33.7 Å². The fourth-order valence-corrected chi connectivity index (χ4v) is 1.55. The molecule has 0 bridgehead atoms. The molecule has 0 aliphatic rings. The van der Waals surface area contributed by atoms with Crippen LogP contribution in [0.3, 0.4) is 0 Å². The van der Waals surface area contributed by atoms with Crippen LogP contribution in [-0.2, 0) is 0 Å². The first-order valence-corrected chi connectivity index (χ1v) is 5.73. The van der Waals surface area contributed by atoms with Gasteiger partial charge in [0.25, 0.3) is 0 Å². The van der Waals surface area contributed by atoms with Gasteiger partial charge in [0.15, 0.2) is 0 Å². The summed E-state index contributed by atoms with van der Waals surface area (Å²) in [6, 6.07) is 2.63. The van der Waals surface area contributed by atoms with Crippen LogP contribution in [0.1, 0.15) is 27.2 Å². The molecule has 1 atom stereocenters. The summed E-state index contributed by atoms with van der Waals surface area (Å²) in [7, 11) is 4.17. The third-order valence-corrected chi connectivity index (χ3v) is 2.44. The van der Waals surface area contributed by atoms with Gasteiger partial charge in [-0.05, 0) is 26.9 Å². The zero-order valence-electron chi connectivity index (χ0n) is 10.8. The van der Waals surface area contributed by atoms with Gasteiger partial charge < -0.3 is 4.90 Å². The number of rotatable bonds is 7. The van der Waals surface area contributed by atoms with Crippen molar-refractivity contribution in [3.05, 3.63) is 0 Å². The van der Waals surface area contributed by atoms with E-state index >= 15 is 0 Å². The zero-order valence-corrected chi connectivity index (χ0v) is 10.8. The van der Waals surface area contributed by atoms with Crippen molar-refractivity contribution < 1.29 is 0 Å². The van der Waals surface area contributed by atoms with Gasteiger partial charge in [-0.2, -0.15) is 5.26 Å². The van der Waals surface area contributed by atoms with Gasteiger partial charge in [0.05, 0.1) is 12.5 Å². The van der Waals surface area contributed by atoms with Crippen LogP contribution in [-0.4, -0.2) is 49.6 Å². The number of hydrogen-bond donors (Lipinski definition) is 0. The molecule has 0 spiro atoms. The Balaban J connectivity index is 4.12. The molecule has 0 saturated heterocycles. The normalized spacial score (nSPS) is 13.5. The molecule has 0 rings (SSSR count). The zero-order chi connectivity index (χ0) is 11.8. The molecule has 0 fully saturated rings. The van der Waals surface area contributed by atoms with Crippen LogP contribution in [0, 0.1) is 17.2 Å². The molecule has 1 unspecified atom stereocenters. The van der Waals surface area contributed by atoms with Crippen LogP contribution < -0.4 is 0 Å². The second kappa shape index (κ2) is 7.67. The lowest BCUT2D eigenvalue weighted by Gasteiger charge is -2.30. The standard InChI is InChI=1S/C12H25N3/c1-11(2)10-15(9-8-14(4)5)12(3)6-7-13/h11-12H,6,8-10H2,1-5H3. The first-order chi connectivity index (χ1) is 6.97. The monoisotopic (exact) mass is 211 g/mol. The Morgan fingerprint density at radius 1 is 1.13 bits per heavy atom. The van der Waals surface area contributed by atoms with E-state index in [-0.39, 0.29) is 0 Å². The first kappa shape index (κ1) is 14.4. The van der Waals surface area contributed by atoms with Crippen LogP contribution in [0.5, 0.6) is 0 Å². The van der Waals surface area contributed by atoms with Crippen molar-refractivity contribution >= 4 is 0 Å². The largest absolute Gasteiger partial charge is 0.308 e. The Bertz CT molecular complexity index is 194. The lowest BCUT2D eigenvalue weighted by molar-refractivity contribution is 0.171. The van der Waals surface area contributed by atoms with Gasteiger partial charge in [-0.1, -0.05) is 13.8 Å². The summed E-state index contributed by atoms with van der Waals surface area (Å²) in [6.07, 6.45) is 0.625. The topological polar surface area (TPSA) is 30.3 Å². The summed E-state index contributed by atoms with van der Waals surface area (Å²) >= 11 is 0. The molecule has 0 aromatic heterocycles. The van der Waals surface area contributed by atoms with Crippen molar-refractivity contribution in [3.63, 3.8) is 0 Å². The van der Waals surface area contributed by atoms with Gasteiger partial charge >= 0.3 is 0 Å². The molecule has 3 nitrogen and oxygen atoms in total. The average molecular weight is 211 g/mol. The fourth-order valence-electron chi connectivity index (χ4n) is 1.55. The number of nitriles is 1. The Morgan fingerprint density at radius 2 is 1.73 bits per heavy atom. The van der Waals surface area contributed by atoms with Gasteiger partial charge in [-0.25, -0.2) is 0 Å². The molecular weight excluding hydrogens is 186 g/mol. The van der Waals surface area contributed by atoms with Crippen LogP contribution in [0.15, 0.2) is 0 Å². The number of likely N-dealkylation sites (N-methyl/N-ethyl adjacent to an activating group) is 1. The maximum Gasteiger partial charge on any atom is 0.0638 e. The minimum atomic E-state index is 0.373. The van der Waals surface area contributed by atoms with Crippen molar-refractivity contribution in [2.24, 2.45) is 5.92 Å². The molecule has 3 heteroatoms. The summed E-state index contributed by atoms with van der Waals surface area (Å²) in [5.41, 5.74) is 0. The van der Waals surface area contributed by atoms with E-state index in [0.29, 0.717) is 18.4 Å².